The Balaban J connectivity index is 1.88. The molecule has 2 aromatic rings. The fourth-order valence-electron chi connectivity index (χ4n) is 1.87. The van der Waals surface area contributed by atoms with Gasteiger partial charge in [0.25, 0.3) is 0 Å². The van der Waals surface area contributed by atoms with E-state index in [1.165, 1.54) is 12.1 Å². The third kappa shape index (κ3) is 4.48. The molecule has 0 atom stereocenters. The Bertz CT molecular complexity index is 502. The summed E-state index contributed by atoms with van der Waals surface area (Å²) >= 11 is 0. The van der Waals surface area contributed by atoms with Crippen molar-refractivity contribution >= 4 is 0 Å². The molecule has 0 aliphatic heterocycles. The highest BCUT2D eigenvalue weighted by Crippen LogP contribution is 2.06. The Morgan fingerprint density at radius 2 is 2.00 bits per heavy atom. The van der Waals surface area contributed by atoms with E-state index in [2.05, 4.69) is 24.1 Å². The van der Waals surface area contributed by atoms with Crippen LogP contribution in [-0.4, -0.2) is 16.1 Å². The SMILES string of the molecule is CC(C)CNCc1cn(Cc2ccc(F)cc2)cn1. The van der Waals surface area contributed by atoms with Gasteiger partial charge in [0.2, 0.25) is 0 Å². The Kier molecular flexibility index (Phi) is 4.68. The Morgan fingerprint density at radius 1 is 1.26 bits per heavy atom. The smallest absolute Gasteiger partial charge is 0.123 e. The zero-order chi connectivity index (χ0) is 13.7. The van der Waals surface area contributed by atoms with E-state index < -0.39 is 0 Å². The lowest BCUT2D eigenvalue weighted by Gasteiger charge is -2.05. The average molecular weight is 261 g/mol. The topological polar surface area (TPSA) is 29.9 Å². The second-order valence-electron chi connectivity index (χ2n) is 5.19. The van der Waals surface area contributed by atoms with Crippen LogP contribution < -0.4 is 5.32 Å². The van der Waals surface area contributed by atoms with Crippen molar-refractivity contribution in [3.8, 4) is 0 Å². The molecule has 102 valence electrons. The molecule has 2 rings (SSSR count). The van der Waals surface area contributed by atoms with E-state index in [0.717, 1.165) is 30.9 Å². The largest absolute Gasteiger partial charge is 0.333 e. The van der Waals surface area contributed by atoms with E-state index in [1.807, 2.05) is 17.1 Å². The maximum Gasteiger partial charge on any atom is 0.123 e. The summed E-state index contributed by atoms with van der Waals surface area (Å²) in [6, 6.07) is 6.56. The summed E-state index contributed by atoms with van der Waals surface area (Å²) in [7, 11) is 0. The number of halogens is 1. The molecule has 0 bridgehead atoms. The van der Waals surface area contributed by atoms with Gasteiger partial charge in [-0.15, -0.1) is 0 Å². The third-order valence-corrected chi connectivity index (χ3v) is 2.82. The average Bonchev–Trinajstić information content (AvgIpc) is 2.79. The molecule has 0 aliphatic carbocycles. The van der Waals surface area contributed by atoms with Crippen LogP contribution >= 0.6 is 0 Å². The molecular formula is C15H20FN3. The van der Waals surface area contributed by atoms with Crippen LogP contribution in [0.2, 0.25) is 0 Å². The molecule has 1 aromatic carbocycles. The highest BCUT2D eigenvalue weighted by atomic mass is 19.1. The van der Waals surface area contributed by atoms with Gasteiger partial charge in [0.1, 0.15) is 5.82 Å². The maximum absolute atomic E-state index is 12.8. The molecule has 0 aliphatic rings. The predicted octanol–water partition coefficient (Wildman–Crippen LogP) is 2.82. The minimum Gasteiger partial charge on any atom is -0.333 e. The normalized spacial score (nSPS) is 11.2. The Hall–Kier alpha value is -1.68. The lowest BCUT2D eigenvalue weighted by molar-refractivity contribution is 0.548. The third-order valence-electron chi connectivity index (χ3n) is 2.82. The van der Waals surface area contributed by atoms with E-state index in [1.54, 1.807) is 12.1 Å². The molecule has 3 nitrogen and oxygen atoms in total. The molecule has 1 aromatic heterocycles. The van der Waals surface area contributed by atoms with Gasteiger partial charge < -0.3 is 9.88 Å². The van der Waals surface area contributed by atoms with Crippen molar-refractivity contribution in [1.29, 1.82) is 0 Å². The highest BCUT2D eigenvalue weighted by Gasteiger charge is 2.01. The van der Waals surface area contributed by atoms with Gasteiger partial charge in [-0.2, -0.15) is 0 Å². The minimum atomic E-state index is -0.201. The maximum atomic E-state index is 12.8. The van der Waals surface area contributed by atoms with Gasteiger partial charge in [-0.1, -0.05) is 26.0 Å². The molecule has 1 N–H and O–H groups in total. The zero-order valence-electron chi connectivity index (χ0n) is 11.4. The molecule has 0 unspecified atom stereocenters. The van der Waals surface area contributed by atoms with Crippen molar-refractivity contribution in [1.82, 2.24) is 14.9 Å². The summed E-state index contributed by atoms with van der Waals surface area (Å²) in [5, 5.41) is 3.36. The number of hydrogen-bond acceptors (Lipinski definition) is 2. The van der Waals surface area contributed by atoms with Crippen molar-refractivity contribution in [2.45, 2.75) is 26.9 Å². The van der Waals surface area contributed by atoms with Crippen LogP contribution in [0.3, 0.4) is 0 Å². The van der Waals surface area contributed by atoms with Crippen molar-refractivity contribution in [3.05, 3.63) is 53.9 Å². The second-order valence-corrected chi connectivity index (χ2v) is 5.19. The van der Waals surface area contributed by atoms with Gasteiger partial charge >= 0.3 is 0 Å². The summed E-state index contributed by atoms with van der Waals surface area (Å²) in [4.78, 5) is 4.35. The molecule has 0 fully saturated rings. The molecule has 0 radical (unpaired) electrons. The van der Waals surface area contributed by atoms with Gasteiger partial charge in [0.15, 0.2) is 0 Å². The van der Waals surface area contributed by atoms with Gasteiger partial charge in [-0.3, -0.25) is 0 Å². The van der Waals surface area contributed by atoms with Crippen molar-refractivity contribution in [3.63, 3.8) is 0 Å². The fraction of sp³-hybridized carbons (Fsp3) is 0.400. The van der Waals surface area contributed by atoms with E-state index in [-0.39, 0.29) is 5.82 Å². The summed E-state index contributed by atoms with van der Waals surface area (Å²) in [6.07, 6.45) is 3.84. The molecule has 4 heteroatoms. The Morgan fingerprint density at radius 3 is 2.68 bits per heavy atom. The molecule has 0 spiro atoms. The first-order valence-electron chi connectivity index (χ1n) is 6.59. The van der Waals surface area contributed by atoms with Crippen LogP contribution in [0.15, 0.2) is 36.8 Å². The lowest BCUT2D eigenvalue weighted by atomic mass is 10.2. The number of nitrogens with zero attached hydrogens (tertiary/aromatic N) is 2. The number of imidazole rings is 1. The summed E-state index contributed by atoms with van der Waals surface area (Å²) in [5.74, 6) is 0.439. The van der Waals surface area contributed by atoms with Gasteiger partial charge in [0, 0.05) is 19.3 Å². The van der Waals surface area contributed by atoms with Gasteiger partial charge in [-0.25, -0.2) is 9.37 Å². The van der Waals surface area contributed by atoms with Crippen LogP contribution in [0.4, 0.5) is 4.39 Å². The van der Waals surface area contributed by atoms with E-state index in [4.69, 9.17) is 0 Å². The van der Waals surface area contributed by atoms with Crippen LogP contribution in [0.25, 0.3) is 0 Å². The number of rotatable bonds is 6. The van der Waals surface area contributed by atoms with Crippen molar-refractivity contribution in [2.75, 3.05) is 6.54 Å². The molecular weight excluding hydrogens is 241 g/mol. The molecule has 1 heterocycles. The molecule has 0 amide bonds. The van der Waals surface area contributed by atoms with Crippen LogP contribution in [0, 0.1) is 11.7 Å². The highest BCUT2D eigenvalue weighted by molar-refractivity contribution is 5.16. The summed E-state index contributed by atoms with van der Waals surface area (Å²) in [6.45, 7) is 6.86. The number of hydrogen-bond donors (Lipinski definition) is 1. The first-order chi connectivity index (χ1) is 9.13. The van der Waals surface area contributed by atoms with Crippen molar-refractivity contribution < 1.29 is 4.39 Å². The summed E-state index contributed by atoms with van der Waals surface area (Å²) in [5.41, 5.74) is 2.10. The molecule has 0 saturated carbocycles. The fourth-order valence-corrected chi connectivity index (χ4v) is 1.87. The van der Waals surface area contributed by atoms with E-state index in [0.29, 0.717) is 5.92 Å². The van der Waals surface area contributed by atoms with Gasteiger partial charge in [-0.05, 0) is 30.2 Å². The van der Waals surface area contributed by atoms with Gasteiger partial charge in [0.05, 0.1) is 12.0 Å². The van der Waals surface area contributed by atoms with E-state index >= 15 is 0 Å². The number of aromatic nitrogens is 2. The standard InChI is InChI=1S/C15H20FN3/c1-12(2)7-17-8-15-10-19(11-18-15)9-13-3-5-14(16)6-4-13/h3-6,10-12,17H,7-9H2,1-2H3. The second kappa shape index (κ2) is 6.48. The predicted molar refractivity (Wildman–Crippen MR) is 74.3 cm³/mol. The first kappa shape index (κ1) is 13.7. The van der Waals surface area contributed by atoms with Crippen LogP contribution in [0.1, 0.15) is 25.1 Å². The number of nitrogens with one attached hydrogen (secondary N) is 1. The number of benzene rings is 1. The summed E-state index contributed by atoms with van der Waals surface area (Å²) < 4.78 is 14.8. The zero-order valence-corrected chi connectivity index (χ0v) is 11.4. The van der Waals surface area contributed by atoms with Crippen LogP contribution in [-0.2, 0) is 13.1 Å². The quantitative estimate of drug-likeness (QED) is 0.866. The first-order valence-corrected chi connectivity index (χ1v) is 6.59. The monoisotopic (exact) mass is 261 g/mol. The Labute approximate surface area is 113 Å². The van der Waals surface area contributed by atoms with Crippen LogP contribution in [0.5, 0.6) is 0 Å². The molecule has 0 saturated heterocycles. The molecule has 19 heavy (non-hydrogen) atoms. The van der Waals surface area contributed by atoms with Crippen molar-refractivity contribution in [2.24, 2.45) is 5.92 Å². The minimum absolute atomic E-state index is 0.201. The van der Waals surface area contributed by atoms with E-state index in [9.17, 15) is 4.39 Å². The lowest BCUT2D eigenvalue weighted by Crippen LogP contribution is -2.19.